The zero-order valence-electron chi connectivity index (χ0n) is 16.6. The van der Waals surface area contributed by atoms with Gasteiger partial charge in [-0.15, -0.1) is 4.98 Å². The van der Waals surface area contributed by atoms with Gasteiger partial charge in [-0.3, -0.25) is 5.32 Å². The molecule has 1 aromatic heterocycles. The van der Waals surface area contributed by atoms with E-state index >= 15 is 0 Å². The van der Waals surface area contributed by atoms with Crippen LogP contribution in [0.2, 0.25) is 0 Å². The van der Waals surface area contributed by atoms with Crippen molar-refractivity contribution in [2.75, 3.05) is 44.7 Å². The van der Waals surface area contributed by atoms with Crippen LogP contribution >= 0.6 is 0 Å². The highest BCUT2D eigenvalue weighted by Crippen LogP contribution is 2.19. The molecule has 2 rings (SSSR count). The Morgan fingerprint density at radius 2 is 1.79 bits per heavy atom. The number of aliphatic carboxylic acids is 2. The third-order valence-corrected chi connectivity index (χ3v) is 3.72. The zero-order chi connectivity index (χ0) is 21.3. The second-order valence-electron chi connectivity index (χ2n) is 6.77. The summed E-state index contributed by atoms with van der Waals surface area (Å²) in [5.74, 6) is -1.05. The number of carboxylic acids is 2. The number of carboxylic acid groups (broad SMARTS) is 2. The first-order valence-electron chi connectivity index (χ1n) is 8.90. The van der Waals surface area contributed by atoms with Gasteiger partial charge in [0.2, 0.25) is 5.95 Å². The lowest BCUT2D eigenvalue weighted by molar-refractivity contribution is -0.575. The molecular weight excluding hydrogens is 368 g/mol. The molecule has 1 aliphatic rings. The molecule has 11 heteroatoms. The predicted molar refractivity (Wildman–Crippen MR) is 98.7 cm³/mol. The third kappa shape index (κ3) is 8.37. The number of anilines is 1. The SMILES string of the molecule is CC[NH2+]c1nc(N2CCN(C)CC2)nc(C(C)(C)O)n1.O=C([O-])/C=C/C(=O)O. The van der Waals surface area contributed by atoms with Crippen molar-refractivity contribution in [1.82, 2.24) is 19.9 Å². The van der Waals surface area contributed by atoms with E-state index in [2.05, 4.69) is 31.8 Å². The van der Waals surface area contributed by atoms with E-state index < -0.39 is 17.5 Å². The Labute approximate surface area is 163 Å². The molecule has 0 aromatic carbocycles. The van der Waals surface area contributed by atoms with Crippen LogP contribution in [0.4, 0.5) is 11.9 Å². The predicted octanol–water partition coefficient (Wildman–Crippen LogP) is -2.56. The largest absolute Gasteiger partial charge is 0.545 e. The minimum absolute atomic E-state index is 0.432. The van der Waals surface area contributed by atoms with Gasteiger partial charge in [0, 0.05) is 32.3 Å². The van der Waals surface area contributed by atoms with Crippen LogP contribution in [-0.2, 0) is 15.2 Å². The van der Waals surface area contributed by atoms with Gasteiger partial charge in [0.1, 0.15) is 5.60 Å². The molecule has 0 bridgehead atoms. The molecule has 0 atom stereocenters. The number of aliphatic hydroxyl groups is 1. The van der Waals surface area contributed by atoms with Crippen LogP contribution in [0, 0.1) is 0 Å². The van der Waals surface area contributed by atoms with Crippen LogP contribution in [0.25, 0.3) is 0 Å². The van der Waals surface area contributed by atoms with Crippen molar-refractivity contribution in [3.63, 3.8) is 0 Å². The van der Waals surface area contributed by atoms with Gasteiger partial charge in [0.05, 0.1) is 12.5 Å². The molecule has 0 amide bonds. The highest BCUT2D eigenvalue weighted by atomic mass is 16.4. The molecule has 2 heterocycles. The molecule has 1 aliphatic heterocycles. The quantitative estimate of drug-likeness (QED) is 0.437. The Hall–Kier alpha value is -2.63. The standard InChI is InChI=1S/C13H24N6O.C4H4O4/c1-5-14-11-15-10(13(2,3)20)16-12(17-11)19-8-6-18(4)7-9-19;5-3(6)1-2-4(7)8/h20H,5-9H2,1-4H3,(H,14,15,16,17);1-2H,(H,5,6)(H,7,8)/b;2-1+. The van der Waals surface area contributed by atoms with E-state index in [4.69, 9.17) is 5.11 Å². The molecule has 0 radical (unpaired) electrons. The van der Waals surface area contributed by atoms with Crippen molar-refractivity contribution in [3.8, 4) is 0 Å². The van der Waals surface area contributed by atoms with Gasteiger partial charge < -0.3 is 29.9 Å². The first-order valence-corrected chi connectivity index (χ1v) is 8.90. The Balaban J connectivity index is 0.000000416. The Morgan fingerprint density at radius 1 is 1.18 bits per heavy atom. The maximum absolute atomic E-state index is 10.2. The van der Waals surface area contributed by atoms with E-state index in [-0.39, 0.29) is 0 Å². The van der Waals surface area contributed by atoms with Gasteiger partial charge in [0.25, 0.3) is 0 Å². The van der Waals surface area contributed by atoms with Crippen molar-refractivity contribution in [2.45, 2.75) is 26.4 Å². The molecular formula is C17H28N6O5. The number of hydrogen-bond acceptors (Lipinski definition) is 9. The number of hydrogen-bond donors (Lipinski definition) is 3. The summed E-state index contributed by atoms with van der Waals surface area (Å²) in [6.45, 7) is 10.1. The molecule has 4 N–H and O–H groups in total. The molecule has 0 spiro atoms. The number of carbonyl (C=O) groups excluding carboxylic acids is 1. The number of carbonyl (C=O) groups is 2. The summed E-state index contributed by atoms with van der Waals surface area (Å²) in [4.78, 5) is 36.7. The van der Waals surface area contributed by atoms with Gasteiger partial charge in [-0.25, -0.2) is 4.79 Å². The normalized spacial score (nSPS) is 15.2. The van der Waals surface area contributed by atoms with Crippen molar-refractivity contribution >= 4 is 23.8 Å². The number of nitrogens with two attached hydrogens (primary N) is 1. The van der Waals surface area contributed by atoms with Gasteiger partial charge in [-0.1, -0.05) is 0 Å². The van der Waals surface area contributed by atoms with Crippen molar-refractivity contribution in [1.29, 1.82) is 0 Å². The second kappa shape index (κ2) is 10.6. The molecule has 1 fully saturated rings. The highest BCUT2D eigenvalue weighted by molar-refractivity contribution is 5.88. The van der Waals surface area contributed by atoms with Crippen molar-refractivity contribution < 1.29 is 30.2 Å². The maximum atomic E-state index is 10.2. The molecule has 156 valence electrons. The Morgan fingerprint density at radius 3 is 2.21 bits per heavy atom. The van der Waals surface area contributed by atoms with E-state index in [0.717, 1.165) is 32.7 Å². The average Bonchev–Trinajstić information content (AvgIpc) is 2.60. The summed E-state index contributed by atoms with van der Waals surface area (Å²) >= 11 is 0. The van der Waals surface area contributed by atoms with Gasteiger partial charge in [-0.05, 0) is 33.9 Å². The third-order valence-electron chi connectivity index (χ3n) is 3.72. The lowest BCUT2D eigenvalue weighted by Crippen LogP contribution is -2.78. The first-order chi connectivity index (χ1) is 13.0. The molecule has 1 aromatic rings. The minimum Gasteiger partial charge on any atom is -0.545 e. The summed E-state index contributed by atoms with van der Waals surface area (Å²) in [5.41, 5.74) is -1.05. The van der Waals surface area contributed by atoms with Crippen LogP contribution in [0.1, 0.15) is 26.6 Å². The summed E-state index contributed by atoms with van der Waals surface area (Å²) in [5, 5.41) is 29.3. The summed E-state index contributed by atoms with van der Waals surface area (Å²) in [6.07, 6.45) is 0.942. The van der Waals surface area contributed by atoms with E-state index in [1.165, 1.54) is 0 Å². The molecule has 28 heavy (non-hydrogen) atoms. The summed E-state index contributed by atoms with van der Waals surface area (Å²) in [6, 6.07) is 0. The Bertz CT molecular complexity index is 680. The molecule has 1 saturated heterocycles. The van der Waals surface area contributed by atoms with E-state index in [0.29, 0.717) is 29.9 Å². The van der Waals surface area contributed by atoms with Gasteiger partial charge >= 0.3 is 11.9 Å². The van der Waals surface area contributed by atoms with E-state index in [1.54, 1.807) is 13.8 Å². The van der Waals surface area contributed by atoms with Crippen LogP contribution in [0.3, 0.4) is 0 Å². The van der Waals surface area contributed by atoms with Crippen LogP contribution in [0.5, 0.6) is 0 Å². The molecule has 11 nitrogen and oxygen atoms in total. The fraction of sp³-hybridized carbons (Fsp3) is 0.588. The molecule has 0 saturated carbocycles. The van der Waals surface area contributed by atoms with E-state index in [1.807, 2.05) is 12.2 Å². The number of likely N-dealkylation sites (N-methyl/N-ethyl adjacent to an activating group) is 1. The van der Waals surface area contributed by atoms with E-state index in [9.17, 15) is 19.8 Å². The maximum Gasteiger partial charge on any atom is 0.330 e. The summed E-state index contributed by atoms with van der Waals surface area (Å²) in [7, 11) is 2.11. The van der Waals surface area contributed by atoms with Crippen LogP contribution in [-0.4, -0.2) is 81.8 Å². The first kappa shape index (κ1) is 23.4. The fourth-order valence-corrected chi connectivity index (χ4v) is 2.22. The highest BCUT2D eigenvalue weighted by Gasteiger charge is 2.25. The van der Waals surface area contributed by atoms with Crippen molar-refractivity contribution in [2.24, 2.45) is 0 Å². The second-order valence-corrected chi connectivity index (χ2v) is 6.77. The van der Waals surface area contributed by atoms with Gasteiger partial charge in [0.15, 0.2) is 5.82 Å². The average molecular weight is 396 g/mol. The van der Waals surface area contributed by atoms with Crippen LogP contribution < -0.4 is 15.3 Å². The monoisotopic (exact) mass is 396 g/mol. The Kier molecular flexibility index (Phi) is 8.89. The number of quaternary nitrogens is 1. The number of piperazine rings is 1. The van der Waals surface area contributed by atoms with Gasteiger partial charge in [-0.2, -0.15) is 9.97 Å². The molecule has 0 aliphatic carbocycles. The minimum atomic E-state index is -1.51. The number of nitrogens with zero attached hydrogens (tertiary/aromatic N) is 5. The van der Waals surface area contributed by atoms with Crippen LogP contribution in [0.15, 0.2) is 12.2 Å². The zero-order valence-corrected chi connectivity index (χ0v) is 16.6. The lowest BCUT2D eigenvalue weighted by Gasteiger charge is -2.32. The smallest absolute Gasteiger partial charge is 0.330 e. The fourth-order valence-electron chi connectivity index (χ4n) is 2.22. The lowest BCUT2D eigenvalue weighted by atomic mass is 10.1. The molecule has 0 unspecified atom stereocenters. The topological polar surface area (TPSA) is 159 Å². The number of rotatable bonds is 6. The summed E-state index contributed by atoms with van der Waals surface area (Å²) < 4.78 is 0. The van der Waals surface area contributed by atoms with Crippen molar-refractivity contribution in [3.05, 3.63) is 18.0 Å². The number of aromatic nitrogens is 3.